The van der Waals surface area contributed by atoms with Crippen molar-refractivity contribution >= 4 is 0 Å². The summed E-state index contributed by atoms with van der Waals surface area (Å²) in [6, 6.07) is 11.4. The minimum atomic E-state index is 0.656. The highest BCUT2D eigenvalue weighted by molar-refractivity contribution is 5.70. The van der Waals surface area contributed by atoms with Crippen LogP contribution in [0.4, 0.5) is 0 Å². The maximum atomic E-state index is 4.82. The van der Waals surface area contributed by atoms with E-state index in [1.807, 2.05) is 12.4 Å². The van der Waals surface area contributed by atoms with Gasteiger partial charge in [-0.3, -0.25) is 0 Å². The van der Waals surface area contributed by atoms with E-state index >= 15 is 0 Å². The summed E-state index contributed by atoms with van der Waals surface area (Å²) in [7, 11) is 0. The molecule has 4 rings (SSSR count). The molecule has 1 fully saturated rings. The van der Waals surface area contributed by atoms with Gasteiger partial charge >= 0.3 is 0 Å². The Labute approximate surface area is 219 Å². The Morgan fingerprint density at radius 1 is 0.944 bits per heavy atom. The van der Waals surface area contributed by atoms with Crippen molar-refractivity contribution in [1.29, 1.82) is 0 Å². The molecule has 1 saturated heterocycles. The molecule has 3 nitrogen and oxygen atoms in total. The largest absolute Gasteiger partial charge is 0.303 e. The zero-order chi connectivity index (χ0) is 25.7. The summed E-state index contributed by atoms with van der Waals surface area (Å²) >= 11 is 0. The van der Waals surface area contributed by atoms with Crippen molar-refractivity contribution < 1.29 is 0 Å². The molecule has 1 aliphatic rings. The molecule has 3 heteroatoms. The van der Waals surface area contributed by atoms with Crippen LogP contribution in [0.25, 0.3) is 22.5 Å². The van der Waals surface area contributed by atoms with E-state index in [0.29, 0.717) is 11.8 Å². The van der Waals surface area contributed by atoms with E-state index in [9.17, 15) is 0 Å². The molecule has 1 aliphatic heterocycles. The number of unbranched alkanes of at least 4 members (excludes halogenated alkanes) is 1. The second-order valence-corrected chi connectivity index (χ2v) is 11.2. The lowest BCUT2D eigenvalue weighted by atomic mass is 9.82. The Morgan fingerprint density at radius 2 is 1.67 bits per heavy atom. The molecule has 36 heavy (non-hydrogen) atoms. The molecule has 0 spiro atoms. The van der Waals surface area contributed by atoms with Gasteiger partial charge in [0.2, 0.25) is 0 Å². The molecule has 0 N–H and O–H groups in total. The molecule has 2 heterocycles. The predicted octanol–water partition coefficient (Wildman–Crippen LogP) is 8.17. The first kappa shape index (κ1) is 26.5. The van der Waals surface area contributed by atoms with E-state index in [-0.39, 0.29) is 0 Å². The number of nitrogens with zero attached hydrogens (tertiary/aromatic N) is 3. The number of piperidine rings is 1. The van der Waals surface area contributed by atoms with E-state index in [1.54, 1.807) is 5.56 Å². The van der Waals surface area contributed by atoms with Gasteiger partial charge in [-0.05, 0) is 111 Å². The third-order valence-corrected chi connectivity index (χ3v) is 7.83. The fraction of sp³-hybridized carbons (Fsp3) is 0.515. The van der Waals surface area contributed by atoms with Gasteiger partial charge in [0.1, 0.15) is 0 Å². The molecule has 2 aromatic carbocycles. The summed E-state index contributed by atoms with van der Waals surface area (Å²) in [4.78, 5) is 12.3. The molecule has 0 unspecified atom stereocenters. The van der Waals surface area contributed by atoms with Crippen molar-refractivity contribution in [2.45, 2.75) is 86.0 Å². The minimum absolute atomic E-state index is 0.656. The number of hydrogen-bond donors (Lipinski definition) is 0. The van der Waals surface area contributed by atoms with Gasteiger partial charge in [0.05, 0.1) is 0 Å². The lowest BCUT2D eigenvalue weighted by Gasteiger charge is -2.33. The Kier molecular flexibility index (Phi) is 8.95. The summed E-state index contributed by atoms with van der Waals surface area (Å²) in [6.07, 6.45) is 11.3. The van der Waals surface area contributed by atoms with Crippen LogP contribution in [0.1, 0.15) is 87.1 Å². The normalized spacial score (nSPS) is 15.1. The average Bonchev–Trinajstić information content (AvgIpc) is 2.88. The third-order valence-electron chi connectivity index (χ3n) is 7.83. The highest BCUT2D eigenvalue weighted by Gasteiger charge is 2.24. The number of hydrogen-bond acceptors (Lipinski definition) is 3. The maximum Gasteiger partial charge on any atom is 0.159 e. The van der Waals surface area contributed by atoms with Crippen LogP contribution in [0.3, 0.4) is 0 Å². The summed E-state index contributed by atoms with van der Waals surface area (Å²) < 4.78 is 0. The molecule has 0 saturated carbocycles. The van der Waals surface area contributed by atoms with Gasteiger partial charge in [0.25, 0.3) is 0 Å². The number of aryl methyl sites for hydroxylation is 2. The van der Waals surface area contributed by atoms with Crippen LogP contribution in [0.5, 0.6) is 0 Å². The Balaban J connectivity index is 1.57. The SMILES string of the molecule is CCCCN1CCC(c2cc(C)cc(-c3cnc(-c4ccc(CC(C)C)c(C)c4)nc3)c2CC)CC1. The molecule has 0 atom stereocenters. The molecule has 192 valence electrons. The first-order valence-electron chi connectivity index (χ1n) is 14.2. The van der Waals surface area contributed by atoms with E-state index in [4.69, 9.17) is 9.97 Å². The molecule has 0 bridgehead atoms. The Bertz CT molecular complexity index is 1140. The van der Waals surface area contributed by atoms with Crippen LogP contribution in [-0.4, -0.2) is 34.5 Å². The lowest BCUT2D eigenvalue weighted by Crippen LogP contribution is -2.33. The summed E-state index contributed by atoms with van der Waals surface area (Å²) in [6.45, 7) is 17.3. The van der Waals surface area contributed by atoms with Gasteiger partial charge in [-0.1, -0.05) is 63.9 Å². The summed E-state index contributed by atoms with van der Waals surface area (Å²) in [5, 5.41) is 0. The highest BCUT2D eigenvalue weighted by atomic mass is 15.1. The second kappa shape index (κ2) is 12.1. The van der Waals surface area contributed by atoms with E-state index in [1.165, 1.54) is 73.1 Å². The van der Waals surface area contributed by atoms with Gasteiger partial charge < -0.3 is 4.90 Å². The zero-order valence-corrected chi connectivity index (χ0v) is 23.4. The summed E-state index contributed by atoms with van der Waals surface area (Å²) in [5.74, 6) is 2.12. The van der Waals surface area contributed by atoms with Crippen LogP contribution in [0.2, 0.25) is 0 Å². The summed E-state index contributed by atoms with van der Waals surface area (Å²) in [5.41, 5.74) is 10.7. The fourth-order valence-electron chi connectivity index (χ4n) is 5.83. The van der Waals surface area contributed by atoms with E-state index in [0.717, 1.165) is 29.8 Å². The lowest BCUT2D eigenvalue weighted by molar-refractivity contribution is 0.209. The van der Waals surface area contributed by atoms with Crippen LogP contribution >= 0.6 is 0 Å². The highest BCUT2D eigenvalue weighted by Crippen LogP contribution is 2.37. The van der Waals surface area contributed by atoms with Crippen molar-refractivity contribution in [3.05, 3.63) is 70.5 Å². The molecule has 3 aromatic rings. The zero-order valence-electron chi connectivity index (χ0n) is 23.4. The molecule has 0 amide bonds. The maximum absolute atomic E-state index is 4.82. The van der Waals surface area contributed by atoms with Crippen LogP contribution in [-0.2, 0) is 12.8 Å². The van der Waals surface area contributed by atoms with Gasteiger partial charge in [-0.2, -0.15) is 0 Å². The van der Waals surface area contributed by atoms with E-state index < -0.39 is 0 Å². The van der Waals surface area contributed by atoms with Crippen LogP contribution in [0.15, 0.2) is 42.7 Å². The monoisotopic (exact) mass is 483 g/mol. The molecule has 1 aromatic heterocycles. The van der Waals surface area contributed by atoms with Crippen LogP contribution < -0.4 is 0 Å². The topological polar surface area (TPSA) is 29.0 Å². The molecule has 0 aliphatic carbocycles. The second-order valence-electron chi connectivity index (χ2n) is 11.2. The first-order chi connectivity index (χ1) is 17.4. The Hall–Kier alpha value is -2.52. The quantitative estimate of drug-likeness (QED) is 0.307. The Morgan fingerprint density at radius 3 is 2.28 bits per heavy atom. The fourth-order valence-corrected chi connectivity index (χ4v) is 5.83. The minimum Gasteiger partial charge on any atom is -0.303 e. The average molecular weight is 484 g/mol. The number of aromatic nitrogens is 2. The first-order valence-corrected chi connectivity index (χ1v) is 14.2. The third kappa shape index (κ3) is 6.24. The van der Waals surface area contributed by atoms with Crippen molar-refractivity contribution in [2.75, 3.05) is 19.6 Å². The van der Waals surface area contributed by atoms with Gasteiger partial charge in [-0.15, -0.1) is 0 Å². The van der Waals surface area contributed by atoms with Gasteiger partial charge in [0.15, 0.2) is 5.82 Å². The predicted molar refractivity (Wildman–Crippen MR) is 154 cm³/mol. The van der Waals surface area contributed by atoms with Crippen molar-refractivity contribution in [3.63, 3.8) is 0 Å². The van der Waals surface area contributed by atoms with Gasteiger partial charge in [-0.25, -0.2) is 9.97 Å². The molecular weight excluding hydrogens is 438 g/mol. The van der Waals surface area contributed by atoms with Crippen molar-refractivity contribution in [2.24, 2.45) is 5.92 Å². The smallest absolute Gasteiger partial charge is 0.159 e. The number of likely N-dealkylation sites (tertiary alicyclic amines) is 1. The van der Waals surface area contributed by atoms with Crippen LogP contribution in [0, 0.1) is 19.8 Å². The molecular formula is C33H45N3. The van der Waals surface area contributed by atoms with Crippen molar-refractivity contribution in [3.8, 4) is 22.5 Å². The number of benzene rings is 2. The standard InChI is InChI=1S/C33H45N3/c1-7-9-14-36-15-12-26(13-16-36)31-18-24(5)19-32(30(31)8-2)29-21-34-33(35-22-29)28-11-10-27(17-23(3)4)25(6)20-28/h10-11,18-23,26H,7-9,12-17H2,1-6H3. The van der Waals surface area contributed by atoms with Gasteiger partial charge in [0, 0.05) is 23.5 Å². The van der Waals surface area contributed by atoms with Crippen molar-refractivity contribution in [1.82, 2.24) is 14.9 Å². The number of rotatable bonds is 9. The van der Waals surface area contributed by atoms with E-state index in [2.05, 4.69) is 76.8 Å². The molecule has 0 radical (unpaired) electrons.